The van der Waals surface area contributed by atoms with Crippen LogP contribution in [0.25, 0.3) is 11.8 Å². The Balaban J connectivity index is 0.00000286. The summed E-state index contributed by atoms with van der Waals surface area (Å²) in [6.07, 6.45) is 10.4. The third kappa shape index (κ3) is 10.4. The lowest BCUT2D eigenvalue weighted by molar-refractivity contribution is 0.0597. The highest BCUT2D eigenvalue weighted by atomic mass is 16.5. The quantitative estimate of drug-likeness (QED) is 0.120. The molecule has 0 spiro atoms. The Labute approximate surface area is 303 Å². The summed E-state index contributed by atoms with van der Waals surface area (Å²) in [5.74, 6) is 0.706. The van der Waals surface area contributed by atoms with Crippen LogP contribution in [-0.4, -0.2) is 47.6 Å². The number of anilines is 2. The fourth-order valence-corrected chi connectivity index (χ4v) is 6.07. The lowest BCUT2D eigenvalue weighted by Gasteiger charge is -2.26. The highest BCUT2D eigenvalue weighted by molar-refractivity contribution is 6.04. The molecule has 0 aliphatic carbocycles. The number of allylic oxidation sites excluding steroid dienone is 1. The first kappa shape index (κ1) is 38.5. The van der Waals surface area contributed by atoms with E-state index in [1.165, 1.54) is 43.2 Å². The molecule has 1 saturated heterocycles. The zero-order valence-electron chi connectivity index (χ0n) is 31.1. The summed E-state index contributed by atoms with van der Waals surface area (Å²) in [7, 11) is 1.33. The fraction of sp³-hybridized carbons (Fsp3) is 0.333. The molecule has 4 aromatic rings. The van der Waals surface area contributed by atoms with Crippen LogP contribution < -0.4 is 20.7 Å². The first-order valence-corrected chi connectivity index (χ1v) is 17.9. The average molecular weight is 692 g/mol. The molecule has 0 saturated carbocycles. The Bertz CT molecular complexity index is 1800. The smallest absolute Gasteiger partial charge is 0.341 e. The monoisotopic (exact) mass is 691 g/mol. The maximum Gasteiger partial charge on any atom is 0.341 e. The Kier molecular flexibility index (Phi) is 14.1. The average Bonchev–Trinajstić information content (AvgIpc) is 3.44. The summed E-state index contributed by atoms with van der Waals surface area (Å²) < 4.78 is 13.2. The van der Waals surface area contributed by atoms with E-state index in [1.54, 1.807) is 42.5 Å². The van der Waals surface area contributed by atoms with E-state index >= 15 is 0 Å². The van der Waals surface area contributed by atoms with Crippen LogP contribution in [0.1, 0.15) is 91.4 Å². The number of hydrogen-bond acceptors (Lipinski definition) is 7. The number of likely N-dealkylation sites (tertiary alicyclic amines) is 1. The minimum atomic E-state index is -0.529. The van der Waals surface area contributed by atoms with Gasteiger partial charge in [-0.2, -0.15) is 0 Å². The van der Waals surface area contributed by atoms with Gasteiger partial charge in [0.1, 0.15) is 17.1 Å². The van der Waals surface area contributed by atoms with Gasteiger partial charge in [-0.25, -0.2) is 4.79 Å². The molecule has 3 N–H and O–H groups in total. The number of nitrogens with zero attached hydrogens (tertiary/aromatic N) is 2. The van der Waals surface area contributed by atoms with Gasteiger partial charge in [0.25, 0.3) is 5.91 Å². The minimum Gasteiger partial charge on any atom is -0.465 e. The number of ether oxygens (including phenoxy) is 2. The van der Waals surface area contributed by atoms with Crippen molar-refractivity contribution in [2.24, 2.45) is 0 Å². The van der Waals surface area contributed by atoms with Crippen LogP contribution >= 0.6 is 0 Å². The topological polar surface area (TPSA) is 96.9 Å². The van der Waals surface area contributed by atoms with Crippen LogP contribution in [0.15, 0.2) is 91.4 Å². The van der Waals surface area contributed by atoms with Crippen LogP contribution in [0.3, 0.4) is 0 Å². The van der Waals surface area contributed by atoms with Crippen molar-refractivity contribution in [2.45, 2.75) is 73.4 Å². The Morgan fingerprint density at radius 2 is 1.59 bits per heavy atom. The van der Waals surface area contributed by atoms with Crippen molar-refractivity contribution in [1.29, 1.82) is 0 Å². The van der Waals surface area contributed by atoms with Crippen LogP contribution in [0, 0.1) is 6.92 Å². The van der Waals surface area contributed by atoms with Crippen molar-refractivity contribution in [2.75, 3.05) is 30.8 Å². The van der Waals surface area contributed by atoms with E-state index in [-0.39, 0.29) is 17.5 Å². The zero-order chi connectivity index (χ0) is 36.9. The molecule has 5 rings (SSSR count). The maximum atomic E-state index is 13.2. The van der Waals surface area contributed by atoms with Gasteiger partial charge in [0, 0.05) is 47.1 Å². The number of benzene rings is 3. The molecule has 1 aliphatic heterocycles. The van der Waals surface area contributed by atoms with Gasteiger partial charge in [0.05, 0.1) is 12.9 Å². The molecule has 3 aromatic carbocycles. The second kappa shape index (κ2) is 18.6. The molecule has 1 amide bonds. The van der Waals surface area contributed by atoms with E-state index in [0.717, 1.165) is 25.3 Å². The van der Waals surface area contributed by atoms with E-state index in [0.29, 0.717) is 34.3 Å². The second-order valence-electron chi connectivity index (χ2n) is 12.6. The summed E-state index contributed by atoms with van der Waals surface area (Å²) in [6, 6.07) is 20.0. The van der Waals surface area contributed by atoms with Crippen LogP contribution in [0.4, 0.5) is 11.4 Å². The molecule has 0 bridgehead atoms. The molecule has 270 valence electrons. The number of carbonyl (C=O) groups is 2. The molecule has 0 radical (unpaired) electrons. The molecule has 9 nitrogen and oxygen atoms in total. The summed E-state index contributed by atoms with van der Waals surface area (Å²) in [5.41, 5.74) is 6.87. The minimum absolute atomic E-state index is 0.204. The van der Waals surface area contributed by atoms with Gasteiger partial charge in [-0.3, -0.25) is 9.69 Å². The number of hydrogen-bond donors (Lipinski definition) is 3. The van der Waals surface area contributed by atoms with Crippen LogP contribution in [0.5, 0.6) is 11.5 Å². The molecule has 0 atom stereocenters. The lowest BCUT2D eigenvalue weighted by atomic mass is 10.1. The molecule has 2 heterocycles. The number of amides is 1. The summed E-state index contributed by atoms with van der Waals surface area (Å²) in [6.45, 7) is 19.4. The number of rotatable bonds is 13. The fourth-order valence-electron chi connectivity index (χ4n) is 6.07. The summed E-state index contributed by atoms with van der Waals surface area (Å²) in [5, 5.41) is 9.28. The first-order chi connectivity index (χ1) is 24.6. The van der Waals surface area contributed by atoms with Crippen molar-refractivity contribution < 1.29 is 19.1 Å². The van der Waals surface area contributed by atoms with E-state index in [2.05, 4.69) is 64.2 Å². The number of aromatic nitrogens is 1. The SMILES string of the molecule is C=C(Nc1ccc(Oc2ccc(NC(=O)c3ccc(-n4cc(CN5CCCCC5)c(/C=C\C)c4C)cc3)cc2)c(C(=O)OC)c1)NC(C)C.CC. The lowest BCUT2D eigenvalue weighted by Crippen LogP contribution is -2.29. The number of nitrogens with one attached hydrogen (secondary N) is 3. The Morgan fingerprint density at radius 1 is 0.922 bits per heavy atom. The van der Waals surface area contributed by atoms with E-state index < -0.39 is 5.97 Å². The molecular formula is C42H53N5O4. The number of esters is 1. The van der Waals surface area contributed by atoms with Gasteiger partial charge < -0.3 is 30.0 Å². The van der Waals surface area contributed by atoms with Crippen LogP contribution in [-0.2, 0) is 11.3 Å². The maximum absolute atomic E-state index is 13.2. The van der Waals surface area contributed by atoms with Crippen molar-refractivity contribution in [3.8, 4) is 17.2 Å². The summed E-state index contributed by atoms with van der Waals surface area (Å²) >= 11 is 0. The van der Waals surface area contributed by atoms with E-state index in [4.69, 9.17) is 9.47 Å². The molecule has 1 fully saturated rings. The zero-order valence-corrected chi connectivity index (χ0v) is 31.1. The normalized spacial score (nSPS) is 12.9. The van der Waals surface area contributed by atoms with Crippen molar-refractivity contribution in [1.82, 2.24) is 14.8 Å². The van der Waals surface area contributed by atoms with E-state index in [1.807, 2.05) is 52.0 Å². The van der Waals surface area contributed by atoms with Gasteiger partial charge in [-0.05, 0) is 131 Å². The standard InChI is InChI=1S/C40H47N5O4.C2H6/c1-7-11-36-28(4)45(26-31(36)25-44-22-9-8-10-23-44)34-17-12-30(13-18-34)39(46)43-32-14-19-35(20-15-32)49-38-21-16-33(24-37(38)40(47)48-6)42-29(5)41-27(2)3;1-2/h7,11-21,24,26-27,41-42H,5,8-10,22-23,25H2,1-4,6H3,(H,43,46);1-2H3/b11-7-;. The van der Waals surface area contributed by atoms with Gasteiger partial charge in [-0.1, -0.05) is 39.0 Å². The number of methoxy groups -OCH3 is 1. The molecule has 51 heavy (non-hydrogen) atoms. The number of carbonyl (C=O) groups excluding carboxylic acids is 2. The largest absolute Gasteiger partial charge is 0.465 e. The first-order valence-electron chi connectivity index (χ1n) is 17.9. The third-order valence-electron chi connectivity index (χ3n) is 8.45. The third-order valence-corrected chi connectivity index (χ3v) is 8.45. The Hall–Kier alpha value is -5.28. The molecule has 1 aromatic heterocycles. The summed E-state index contributed by atoms with van der Waals surface area (Å²) in [4.78, 5) is 28.3. The molecule has 0 unspecified atom stereocenters. The second-order valence-corrected chi connectivity index (χ2v) is 12.6. The number of piperidine rings is 1. The van der Waals surface area contributed by atoms with Gasteiger partial charge in [-0.15, -0.1) is 0 Å². The van der Waals surface area contributed by atoms with Gasteiger partial charge in [0.2, 0.25) is 0 Å². The van der Waals surface area contributed by atoms with Crippen LogP contribution in [0.2, 0.25) is 0 Å². The predicted octanol–water partition coefficient (Wildman–Crippen LogP) is 9.54. The predicted molar refractivity (Wildman–Crippen MR) is 209 cm³/mol. The van der Waals surface area contributed by atoms with E-state index in [9.17, 15) is 9.59 Å². The van der Waals surface area contributed by atoms with Crippen molar-refractivity contribution in [3.63, 3.8) is 0 Å². The molecule has 9 heteroatoms. The highest BCUT2D eigenvalue weighted by Crippen LogP contribution is 2.30. The molecular weight excluding hydrogens is 638 g/mol. The molecule has 1 aliphatic rings. The van der Waals surface area contributed by atoms with Gasteiger partial charge >= 0.3 is 5.97 Å². The Morgan fingerprint density at radius 3 is 2.22 bits per heavy atom. The van der Waals surface area contributed by atoms with Crippen molar-refractivity contribution in [3.05, 3.63) is 119 Å². The highest BCUT2D eigenvalue weighted by Gasteiger charge is 2.18. The van der Waals surface area contributed by atoms with Crippen molar-refractivity contribution >= 4 is 29.3 Å². The van der Waals surface area contributed by atoms with Gasteiger partial charge in [0.15, 0.2) is 0 Å².